The van der Waals surface area contributed by atoms with Gasteiger partial charge in [0.25, 0.3) is 0 Å². The van der Waals surface area contributed by atoms with Crippen molar-refractivity contribution in [3.63, 3.8) is 0 Å². The molecule has 0 saturated carbocycles. The summed E-state index contributed by atoms with van der Waals surface area (Å²) in [6.07, 6.45) is 0. The SMILES string of the molecule is Cc1ccc(C(=O)c2cc(N)c(C)cc2C)o1. The van der Waals surface area contributed by atoms with Crippen molar-refractivity contribution in [3.05, 3.63) is 52.5 Å². The molecule has 0 atom stereocenters. The molecule has 0 amide bonds. The fourth-order valence-electron chi connectivity index (χ4n) is 1.80. The molecule has 1 aromatic heterocycles. The number of ketones is 1. The summed E-state index contributed by atoms with van der Waals surface area (Å²) in [7, 11) is 0. The van der Waals surface area contributed by atoms with Crippen molar-refractivity contribution in [3.8, 4) is 0 Å². The van der Waals surface area contributed by atoms with E-state index in [-0.39, 0.29) is 5.78 Å². The van der Waals surface area contributed by atoms with E-state index in [0.717, 1.165) is 16.9 Å². The topological polar surface area (TPSA) is 56.2 Å². The zero-order valence-electron chi connectivity index (χ0n) is 10.2. The van der Waals surface area contributed by atoms with E-state index in [0.29, 0.717) is 17.0 Å². The molecular weight excluding hydrogens is 214 g/mol. The third kappa shape index (κ3) is 2.09. The highest BCUT2D eigenvalue weighted by Crippen LogP contribution is 2.21. The van der Waals surface area contributed by atoms with Crippen molar-refractivity contribution in [2.45, 2.75) is 20.8 Å². The highest BCUT2D eigenvalue weighted by molar-refractivity contribution is 6.08. The van der Waals surface area contributed by atoms with Crippen molar-refractivity contribution in [2.24, 2.45) is 0 Å². The van der Waals surface area contributed by atoms with Gasteiger partial charge in [-0.05, 0) is 50.1 Å². The molecule has 0 bridgehead atoms. The maximum absolute atomic E-state index is 12.2. The fraction of sp³-hybridized carbons (Fsp3) is 0.214. The predicted octanol–water partition coefficient (Wildman–Crippen LogP) is 3.02. The zero-order chi connectivity index (χ0) is 12.6. The van der Waals surface area contributed by atoms with Crippen LogP contribution in [0.25, 0.3) is 0 Å². The summed E-state index contributed by atoms with van der Waals surface area (Å²) in [4.78, 5) is 12.2. The van der Waals surface area contributed by atoms with E-state index in [1.807, 2.05) is 26.8 Å². The number of nitrogens with two attached hydrogens (primary N) is 1. The van der Waals surface area contributed by atoms with E-state index < -0.39 is 0 Å². The highest BCUT2D eigenvalue weighted by Gasteiger charge is 2.16. The van der Waals surface area contributed by atoms with Crippen molar-refractivity contribution in [2.75, 3.05) is 5.73 Å². The standard InChI is InChI=1S/C14H15NO2/c1-8-6-9(2)12(15)7-11(8)14(16)13-5-4-10(3)17-13/h4-7H,15H2,1-3H3. The van der Waals surface area contributed by atoms with Crippen LogP contribution in [0, 0.1) is 20.8 Å². The van der Waals surface area contributed by atoms with E-state index >= 15 is 0 Å². The normalized spacial score (nSPS) is 10.5. The lowest BCUT2D eigenvalue weighted by molar-refractivity contribution is 0.101. The lowest BCUT2D eigenvalue weighted by atomic mass is 9.99. The first-order chi connectivity index (χ1) is 7.99. The number of carbonyl (C=O) groups excluding carboxylic acids is 1. The number of rotatable bonds is 2. The van der Waals surface area contributed by atoms with Gasteiger partial charge < -0.3 is 10.2 Å². The smallest absolute Gasteiger partial charge is 0.228 e. The second-order valence-electron chi connectivity index (χ2n) is 4.26. The summed E-state index contributed by atoms with van der Waals surface area (Å²) in [5.74, 6) is 0.960. The Kier molecular flexibility index (Phi) is 2.76. The van der Waals surface area contributed by atoms with E-state index in [1.165, 1.54) is 0 Å². The summed E-state index contributed by atoms with van der Waals surface area (Å²) < 4.78 is 5.33. The summed E-state index contributed by atoms with van der Waals surface area (Å²) in [5.41, 5.74) is 8.95. The Bertz CT molecular complexity index is 582. The Hall–Kier alpha value is -2.03. The van der Waals surface area contributed by atoms with Gasteiger partial charge in [0.05, 0.1) is 0 Å². The van der Waals surface area contributed by atoms with Crippen molar-refractivity contribution < 1.29 is 9.21 Å². The number of nitrogen functional groups attached to an aromatic ring is 1. The van der Waals surface area contributed by atoms with Gasteiger partial charge in [0.1, 0.15) is 5.76 Å². The van der Waals surface area contributed by atoms with Crippen LogP contribution < -0.4 is 5.73 Å². The van der Waals surface area contributed by atoms with Gasteiger partial charge in [0.2, 0.25) is 5.78 Å². The van der Waals surface area contributed by atoms with Gasteiger partial charge in [-0.2, -0.15) is 0 Å². The molecule has 2 rings (SSSR count). The van der Waals surface area contributed by atoms with Gasteiger partial charge in [0.15, 0.2) is 5.76 Å². The van der Waals surface area contributed by atoms with Gasteiger partial charge in [-0.1, -0.05) is 6.07 Å². The van der Waals surface area contributed by atoms with Gasteiger partial charge in [0, 0.05) is 11.3 Å². The average molecular weight is 229 g/mol. The van der Waals surface area contributed by atoms with E-state index in [4.69, 9.17) is 10.2 Å². The van der Waals surface area contributed by atoms with Crippen LogP contribution in [-0.4, -0.2) is 5.78 Å². The molecule has 1 aromatic carbocycles. The molecule has 0 aliphatic carbocycles. The van der Waals surface area contributed by atoms with Crippen molar-refractivity contribution in [1.29, 1.82) is 0 Å². The Morgan fingerprint density at radius 1 is 1.12 bits per heavy atom. The van der Waals surface area contributed by atoms with E-state index in [1.54, 1.807) is 18.2 Å². The Morgan fingerprint density at radius 2 is 1.82 bits per heavy atom. The maximum atomic E-state index is 12.2. The van der Waals surface area contributed by atoms with Crippen LogP contribution in [0.4, 0.5) is 5.69 Å². The average Bonchev–Trinajstić information content (AvgIpc) is 2.69. The van der Waals surface area contributed by atoms with Crippen LogP contribution in [0.1, 0.15) is 33.0 Å². The summed E-state index contributed by atoms with van der Waals surface area (Å²) >= 11 is 0. The molecule has 0 aliphatic rings. The largest absolute Gasteiger partial charge is 0.458 e. The third-order valence-electron chi connectivity index (χ3n) is 2.82. The summed E-state index contributed by atoms with van der Waals surface area (Å²) in [5, 5.41) is 0. The van der Waals surface area contributed by atoms with E-state index in [2.05, 4.69) is 0 Å². The number of anilines is 1. The van der Waals surface area contributed by atoms with Gasteiger partial charge in [-0.3, -0.25) is 4.79 Å². The minimum Gasteiger partial charge on any atom is -0.458 e. The number of carbonyl (C=O) groups is 1. The van der Waals surface area contributed by atoms with E-state index in [9.17, 15) is 4.79 Å². The van der Waals surface area contributed by atoms with Crippen LogP contribution in [0.5, 0.6) is 0 Å². The number of aryl methyl sites for hydroxylation is 3. The Morgan fingerprint density at radius 3 is 2.41 bits per heavy atom. The van der Waals surface area contributed by atoms with Gasteiger partial charge in [-0.15, -0.1) is 0 Å². The minimum atomic E-state index is -0.123. The molecule has 3 nitrogen and oxygen atoms in total. The lowest BCUT2D eigenvalue weighted by Crippen LogP contribution is -2.04. The fourth-order valence-corrected chi connectivity index (χ4v) is 1.80. The zero-order valence-corrected chi connectivity index (χ0v) is 10.2. The molecule has 1 heterocycles. The first kappa shape index (κ1) is 11.5. The van der Waals surface area contributed by atoms with Crippen LogP contribution in [0.3, 0.4) is 0 Å². The minimum absolute atomic E-state index is 0.123. The third-order valence-corrected chi connectivity index (χ3v) is 2.82. The van der Waals surface area contributed by atoms with Crippen LogP contribution in [-0.2, 0) is 0 Å². The number of hydrogen-bond donors (Lipinski definition) is 1. The molecular formula is C14H15NO2. The van der Waals surface area contributed by atoms with Crippen molar-refractivity contribution >= 4 is 11.5 Å². The number of furan rings is 1. The first-order valence-corrected chi connectivity index (χ1v) is 5.47. The highest BCUT2D eigenvalue weighted by atomic mass is 16.3. The number of benzene rings is 1. The monoisotopic (exact) mass is 229 g/mol. The molecule has 2 aromatic rings. The lowest BCUT2D eigenvalue weighted by Gasteiger charge is -2.07. The quantitative estimate of drug-likeness (QED) is 0.636. The molecule has 0 saturated heterocycles. The molecule has 17 heavy (non-hydrogen) atoms. The molecule has 0 spiro atoms. The maximum Gasteiger partial charge on any atom is 0.228 e. The second-order valence-corrected chi connectivity index (χ2v) is 4.26. The molecule has 3 heteroatoms. The molecule has 0 unspecified atom stereocenters. The van der Waals surface area contributed by atoms with Crippen LogP contribution >= 0.6 is 0 Å². The summed E-state index contributed by atoms with van der Waals surface area (Å²) in [6, 6.07) is 7.09. The molecule has 0 aliphatic heterocycles. The van der Waals surface area contributed by atoms with Gasteiger partial charge >= 0.3 is 0 Å². The van der Waals surface area contributed by atoms with Crippen LogP contribution in [0.15, 0.2) is 28.7 Å². The first-order valence-electron chi connectivity index (χ1n) is 5.47. The molecule has 0 fully saturated rings. The predicted molar refractivity (Wildman–Crippen MR) is 67.2 cm³/mol. The number of hydrogen-bond acceptors (Lipinski definition) is 3. The molecule has 88 valence electrons. The second kappa shape index (κ2) is 4.09. The molecule has 0 radical (unpaired) electrons. The van der Waals surface area contributed by atoms with Gasteiger partial charge in [-0.25, -0.2) is 0 Å². The molecule has 2 N–H and O–H groups in total. The van der Waals surface area contributed by atoms with Crippen LogP contribution in [0.2, 0.25) is 0 Å². The Balaban J connectivity index is 2.47. The van der Waals surface area contributed by atoms with Crippen molar-refractivity contribution in [1.82, 2.24) is 0 Å². The summed E-state index contributed by atoms with van der Waals surface area (Å²) in [6.45, 7) is 5.64. The Labute approximate surface area is 100 Å².